The lowest BCUT2D eigenvalue weighted by atomic mass is 10.1. The molecule has 8 nitrogen and oxygen atoms in total. The van der Waals surface area contributed by atoms with E-state index in [1.54, 1.807) is 12.1 Å². The zero-order valence-electron chi connectivity index (χ0n) is 12.7. The fourth-order valence-electron chi connectivity index (χ4n) is 2.24. The van der Waals surface area contributed by atoms with E-state index >= 15 is 0 Å². The molecular weight excluding hydrogens is 304 g/mol. The minimum atomic E-state index is -1.18. The van der Waals surface area contributed by atoms with Gasteiger partial charge in [0.25, 0.3) is 5.91 Å². The van der Waals surface area contributed by atoms with Gasteiger partial charge in [0.1, 0.15) is 18.3 Å². The Morgan fingerprint density at radius 1 is 1.39 bits per heavy atom. The number of carbonyl (C=O) groups is 4. The number of rotatable bonds is 5. The highest BCUT2D eigenvalue weighted by Crippen LogP contribution is 2.34. The molecule has 1 aromatic carbocycles. The van der Waals surface area contributed by atoms with E-state index in [1.165, 1.54) is 24.8 Å². The Hall–Kier alpha value is -2.90. The van der Waals surface area contributed by atoms with Crippen molar-refractivity contribution in [3.05, 3.63) is 23.8 Å². The summed E-state index contributed by atoms with van der Waals surface area (Å²) in [6, 6.07) is 3.68. The first-order valence-corrected chi connectivity index (χ1v) is 6.90. The Morgan fingerprint density at radius 3 is 2.70 bits per heavy atom. The van der Waals surface area contributed by atoms with Gasteiger partial charge in [-0.2, -0.15) is 0 Å². The lowest BCUT2D eigenvalue weighted by molar-refractivity contribution is -0.138. The molecule has 1 heterocycles. The maximum atomic E-state index is 12.1. The predicted molar refractivity (Wildman–Crippen MR) is 79.5 cm³/mol. The third-order valence-corrected chi connectivity index (χ3v) is 3.43. The van der Waals surface area contributed by atoms with Gasteiger partial charge in [0.15, 0.2) is 12.4 Å². The van der Waals surface area contributed by atoms with Gasteiger partial charge in [-0.3, -0.25) is 24.1 Å². The number of hydrogen-bond donors (Lipinski definition) is 2. The smallest absolute Gasteiger partial charge is 0.322 e. The molecule has 122 valence electrons. The molecule has 0 saturated heterocycles. The average Bonchev–Trinajstić information content (AvgIpc) is 2.51. The molecule has 0 aromatic heterocycles. The molecule has 0 bridgehead atoms. The Bertz CT molecular complexity index is 685. The number of benzene rings is 1. The van der Waals surface area contributed by atoms with Crippen LogP contribution in [0, 0.1) is 0 Å². The van der Waals surface area contributed by atoms with E-state index in [-0.39, 0.29) is 12.4 Å². The van der Waals surface area contributed by atoms with Crippen LogP contribution in [0.2, 0.25) is 0 Å². The highest BCUT2D eigenvalue weighted by Gasteiger charge is 2.33. The summed E-state index contributed by atoms with van der Waals surface area (Å²) in [5.74, 6) is -2.04. The number of aliphatic carboxylic acids is 1. The standard InChI is InChI=1S/C15H16N2O6/c1-8(15(22)16-6-14(20)21)17-11-5-10(9(2)18)3-4-12(11)23-7-13(17)19/h3-5,8H,6-7H2,1-2H3,(H,16,22)(H,20,21). The van der Waals surface area contributed by atoms with Crippen LogP contribution < -0.4 is 15.0 Å². The third kappa shape index (κ3) is 3.47. The van der Waals surface area contributed by atoms with E-state index in [4.69, 9.17) is 9.84 Å². The topological polar surface area (TPSA) is 113 Å². The number of Topliss-reactive ketones (excluding diaryl/α,β-unsaturated/α-hetero) is 1. The van der Waals surface area contributed by atoms with Crippen molar-refractivity contribution >= 4 is 29.3 Å². The third-order valence-electron chi connectivity index (χ3n) is 3.43. The van der Waals surface area contributed by atoms with Crippen molar-refractivity contribution in [1.82, 2.24) is 5.32 Å². The van der Waals surface area contributed by atoms with Crippen molar-refractivity contribution in [2.75, 3.05) is 18.1 Å². The van der Waals surface area contributed by atoms with Crippen LogP contribution in [0.15, 0.2) is 18.2 Å². The van der Waals surface area contributed by atoms with Crippen LogP contribution in [0.1, 0.15) is 24.2 Å². The number of nitrogens with one attached hydrogen (secondary N) is 1. The lowest BCUT2D eigenvalue weighted by Crippen LogP contribution is -2.52. The Labute approximate surface area is 132 Å². The van der Waals surface area contributed by atoms with Gasteiger partial charge in [0.05, 0.1) is 5.69 Å². The first-order chi connectivity index (χ1) is 10.8. The number of nitrogens with zero attached hydrogens (tertiary/aromatic N) is 1. The highest BCUT2D eigenvalue weighted by atomic mass is 16.5. The number of carboxylic acids is 1. The Balaban J connectivity index is 2.33. The van der Waals surface area contributed by atoms with Crippen molar-refractivity contribution in [3.8, 4) is 5.75 Å². The number of amides is 2. The van der Waals surface area contributed by atoms with Gasteiger partial charge in [0.2, 0.25) is 5.91 Å². The number of hydrogen-bond acceptors (Lipinski definition) is 5. The molecule has 1 aromatic rings. The highest BCUT2D eigenvalue weighted by molar-refractivity contribution is 6.05. The average molecular weight is 320 g/mol. The largest absolute Gasteiger partial charge is 0.482 e. The van der Waals surface area contributed by atoms with Gasteiger partial charge >= 0.3 is 5.97 Å². The van der Waals surface area contributed by atoms with E-state index in [9.17, 15) is 19.2 Å². The summed E-state index contributed by atoms with van der Waals surface area (Å²) in [6.45, 7) is 2.09. The number of carbonyl (C=O) groups excluding carboxylic acids is 3. The second kappa shape index (κ2) is 6.47. The van der Waals surface area contributed by atoms with Crippen LogP contribution in [0.4, 0.5) is 5.69 Å². The molecule has 1 aliphatic heterocycles. The van der Waals surface area contributed by atoms with Crippen molar-refractivity contribution in [3.63, 3.8) is 0 Å². The molecule has 8 heteroatoms. The van der Waals surface area contributed by atoms with Gasteiger partial charge in [0, 0.05) is 5.56 Å². The first kappa shape index (κ1) is 16.5. The fourth-order valence-corrected chi connectivity index (χ4v) is 2.24. The monoisotopic (exact) mass is 320 g/mol. The quantitative estimate of drug-likeness (QED) is 0.750. The summed E-state index contributed by atoms with van der Waals surface area (Å²) < 4.78 is 5.30. The number of anilines is 1. The summed E-state index contributed by atoms with van der Waals surface area (Å²) in [7, 11) is 0. The van der Waals surface area contributed by atoms with E-state index in [0.717, 1.165) is 0 Å². The molecule has 1 atom stereocenters. The molecule has 0 saturated carbocycles. The zero-order chi connectivity index (χ0) is 17.1. The molecule has 0 aliphatic carbocycles. The molecule has 1 unspecified atom stereocenters. The molecule has 0 radical (unpaired) electrons. The normalized spacial score (nSPS) is 14.5. The minimum Gasteiger partial charge on any atom is -0.482 e. The molecule has 23 heavy (non-hydrogen) atoms. The van der Waals surface area contributed by atoms with E-state index in [0.29, 0.717) is 17.0 Å². The molecule has 2 amide bonds. The maximum Gasteiger partial charge on any atom is 0.322 e. The molecular formula is C15H16N2O6. The molecule has 0 spiro atoms. The second-order valence-electron chi connectivity index (χ2n) is 5.08. The summed E-state index contributed by atoms with van der Waals surface area (Å²) >= 11 is 0. The maximum absolute atomic E-state index is 12.1. The minimum absolute atomic E-state index is 0.186. The SMILES string of the molecule is CC(=O)c1ccc2c(c1)N(C(C)C(=O)NCC(=O)O)C(=O)CO2. The van der Waals surface area contributed by atoms with Crippen LogP contribution >= 0.6 is 0 Å². The van der Waals surface area contributed by atoms with Crippen LogP contribution in [0.5, 0.6) is 5.75 Å². The molecule has 1 aliphatic rings. The van der Waals surface area contributed by atoms with Crippen LogP contribution in [-0.4, -0.2) is 47.9 Å². The van der Waals surface area contributed by atoms with Gasteiger partial charge in [-0.1, -0.05) is 0 Å². The summed E-state index contributed by atoms with van der Waals surface area (Å²) in [5, 5.41) is 10.8. The van der Waals surface area contributed by atoms with E-state index in [1.807, 2.05) is 0 Å². The predicted octanol–water partition coefficient (Wildman–Crippen LogP) is 0.204. The molecule has 2 N–H and O–H groups in total. The van der Waals surface area contributed by atoms with Crippen molar-refractivity contribution < 1.29 is 29.0 Å². The number of ether oxygens (including phenoxy) is 1. The van der Waals surface area contributed by atoms with Crippen LogP contribution in [0.3, 0.4) is 0 Å². The summed E-state index contributed by atoms with van der Waals surface area (Å²) in [4.78, 5) is 47.4. The number of ketones is 1. The first-order valence-electron chi connectivity index (χ1n) is 6.90. The van der Waals surface area contributed by atoms with Crippen molar-refractivity contribution in [2.45, 2.75) is 19.9 Å². The lowest BCUT2D eigenvalue weighted by Gasteiger charge is -2.33. The second-order valence-corrected chi connectivity index (χ2v) is 5.08. The Morgan fingerprint density at radius 2 is 2.09 bits per heavy atom. The fraction of sp³-hybridized carbons (Fsp3) is 0.333. The van der Waals surface area contributed by atoms with Crippen molar-refractivity contribution in [2.24, 2.45) is 0 Å². The summed E-state index contributed by atoms with van der Waals surface area (Å²) in [6.07, 6.45) is 0. The zero-order valence-corrected chi connectivity index (χ0v) is 12.7. The van der Waals surface area contributed by atoms with Crippen molar-refractivity contribution in [1.29, 1.82) is 0 Å². The van der Waals surface area contributed by atoms with Gasteiger partial charge in [-0.05, 0) is 32.0 Å². The molecule has 2 rings (SSSR count). The summed E-state index contributed by atoms with van der Waals surface area (Å²) in [5.41, 5.74) is 0.692. The van der Waals surface area contributed by atoms with Gasteiger partial charge in [-0.15, -0.1) is 0 Å². The number of carboxylic acid groups (broad SMARTS) is 1. The van der Waals surface area contributed by atoms with Crippen LogP contribution in [-0.2, 0) is 14.4 Å². The van der Waals surface area contributed by atoms with Gasteiger partial charge in [-0.25, -0.2) is 0 Å². The van der Waals surface area contributed by atoms with E-state index in [2.05, 4.69) is 5.32 Å². The van der Waals surface area contributed by atoms with Crippen LogP contribution in [0.25, 0.3) is 0 Å². The number of fused-ring (bicyclic) bond motifs is 1. The van der Waals surface area contributed by atoms with Gasteiger partial charge < -0.3 is 15.2 Å². The Kier molecular flexibility index (Phi) is 4.63. The van der Waals surface area contributed by atoms with E-state index < -0.39 is 30.4 Å². The molecule has 0 fully saturated rings.